The maximum Gasteiger partial charge on any atom is 0.310 e. The van der Waals surface area contributed by atoms with Gasteiger partial charge in [-0.05, 0) is 24.6 Å². The van der Waals surface area contributed by atoms with Crippen LogP contribution in [-0.4, -0.2) is 19.7 Å². The van der Waals surface area contributed by atoms with Crippen molar-refractivity contribution in [3.63, 3.8) is 0 Å². The van der Waals surface area contributed by atoms with Gasteiger partial charge in [0, 0.05) is 15.4 Å². The maximum atomic E-state index is 11.4. The third-order valence-electron chi connectivity index (χ3n) is 2.23. The molecule has 0 aliphatic rings. The third-order valence-corrected chi connectivity index (χ3v) is 3.58. The van der Waals surface area contributed by atoms with Gasteiger partial charge in [-0.3, -0.25) is 4.79 Å². The highest BCUT2D eigenvalue weighted by Crippen LogP contribution is 2.29. The second-order valence-electron chi connectivity index (χ2n) is 3.37. The molecule has 0 heterocycles. The van der Waals surface area contributed by atoms with Crippen LogP contribution in [0.15, 0.2) is 16.6 Å². The van der Waals surface area contributed by atoms with Crippen LogP contribution in [0.25, 0.3) is 0 Å². The van der Waals surface area contributed by atoms with E-state index in [0.29, 0.717) is 12.4 Å². The summed E-state index contributed by atoms with van der Waals surface area (Å²) in [4.78, 5) is 11.4. The molecule has 0 unspecified atom stereocenters. The minimum Gasteiger partial charge on any atom is -0.496 e. The number of hydrogen-bond donors (Lipinski definition) is 0. The Morgan fingerprint density at radius 2 is 2.06 bits per heavy atom. The molecule has 0 fully saturated rings. The Morgan fingerprint density at radius 1 is 1.35 bits per heavy atom. The van der Waals surface area contributed by atoms with Gasteiger partial charge in [-0.25, -0.2) is 0 Å². The highest BCUT2D eigenvalue weighted by molar-refractivity contribution is 9.10. The normalized spacial score (nSPS) is 10.1. The topological polar surface area (TPSA) is 35.5 Å². The predicted octanol–water partition coefficient (Wildman–Crippen LogP) is 3.46. The SMILES string of the molecule is CCOC(=O)Cc1cc(Br)c(CBr)cc1OC. The quantitative estimate of drug-likeness (QED) is 0.592. The van der Waals surface area contributed by atoms with Gasteiger partial charge < -0.3 is 9.47 Å². The van der Waals surface area contributed by atoms with E-state index in [4.69, 9.17) is 9.47 Å². The molecular weight excluding hydrogens is 352 g/mol. The number of alkyl halides is 1. The molecule has 1 aromatic carbocycles. The highest BCUT2D eigenvalue weighted by atomic mass is 79.9. The zero-order valence-electron chi connectivity index (χ0n) is 9.76. The molecule has 0 spiro atoms. The molecule has 0 aromatic heterocycles. The van der Waals surface area contributed by atoms with Crippen LogP contribution in [0.1, 0.15) is 18.1 Å². The molecule has 0 aliphatic heterocycles. The highest BCUT2D eigenvalue weighted by Gasteiger charge is 2.12. The van der Waals surface area contributed by atoms with Crippen molar-refractivity contribution in [2.24, 2.45) is 0 Å². The van der Waals surface area contributed by atoms with E-state index in [1.165, 1.54) is 0 Å². The van der Waals surface area contributed by atoms with Gasteiger partial charge in [0.05, 0.1) is 20.1 Å². The van der Waals surface area contributed by atoms with Crippen LogP contribution in [0, 0.1) is 0 Å². The van der Waals surface area contributed by atoms with E-state index in [1.54, 1.807) is 14.0 Å². The van der Waals surface area contributed by atoms with Gasteiger partial charge in [0.2, 0.25) is 0 Å². The molecular formula is C12H14Br2O3. The Kier molecular flexibility index (Phi) is 5.98. The zero-order chi connectivity index (χ0) is 12.8. The van der Waals surface area contributed by atoms with Crippen molar-refractivity contribution in [3.05, 3.63) is 27.7 Å². The average Bonchev–Trinajstić information content (AvgIpc) is 2.29. The fraction of sp³-hybridized carbons (Fsp3) is 0.417. The van der Waals surface area contributed by atoms with Crippen LogP contribution >= 0.6 is 31.9 Å². The van der Waals surface area contributed by atoms with Crippen molar-refractivity contribution >= 4 is 37.8 Å². The molecule has 94 valence electrons. The number of ether oxygens (including phenoxy) is 2. The molecule has 1 rings (SSSR count). The Bertz CT molecular complexity index is 405. The lowest BCUT2D eigenvalue weighted by molar-refractivity contribution is -0.142. The number of esters is 1. The number of halogens is 2. The van der Waals surface area contributed by atoms with Gasteiger partial charge >= 0.3 is 5.97 Å². The lowest BCUT2D eigenvalue weighted by Crippen LogP contribution is -2.08. The number of rotatable bonds is 5. The number of benzene rings is 1. The Balaban J connectivity index is 2.98. The van der Waals surface area contributed by atoms with Crippen molar-refractivity contribution < 1.29 is 14.3 Å². The Morgan fingerprint density at radius 3 is 2.59 bits per heavy atom. The van der Waals surface area contributed by atoms with Gasteiger partial charge in [-0.15, -0.1) is 0 Å². The number of methoxy groups -OCH3 is 1. The van der Waals surface area contributed by atoms with Gasteiger partial charge in [-0.2, -0.15) is 0 Å². The van der Waals surface area contributed by atoms with Crippen LogP contribution in [-0.2, 0) is 21.3 Å². The number of hydrogen-bond acceptors (Lipinski definition) is 3. The molecule has 3 nitrogen and oxygen atoms in total. The molecule has 0 bridgehead atoms. The zero-order valence-corrected chi connectivity index (χ0v) is 12.9. The molecule has 0 aliphatic carbocycles. The molecule has 0 amide bonds. The van der Waals surface area contributed by atoms with E-state index in [0.717, 1.165) is 20.9 Å². The third kappa shape index (κ3) is 4.00. The summed E-state index contributed by atoms with van der Waals surface area (Å²) in [5.74, 6) is 0.458. The number of carbonyl (C=O) groups is 1. The van der Waals surface area contributed by atoms with Crippen LogP contribution < -0.4 is 4.74 Å². The summed E-state index contributed by atoms with van der Waals surface area (Å²) in [5.41, 5.74) is 1.90. The van der Waals surface area contributed by atoms with E-state index in [2.05, 4.69) is 31.9 Å². The largest absolute Gasteiger partial charge is 0.496 e. The summed E-state index contributed by atoms with van der Waals surface area (Å²) in [6.07, 6.45) is 0.220. The van der Waals surface area contributed by atoms with Crippen LogP contribution in [0.4, 0.5) is 0 Å². The Hall–Kier alpha value is -0.550. The summed E-state index contributed by atoms with van der Waals surface area (Å²) in [7, 11) is 1.59. The first-order valence-electron chi connectivity index (χ1n) is 5.19. The van der Waals surface area contributed by atoms with Crippen molar-refractivity contribution in [2.45, 2.75) is 18.7 Å². The monoisotopic (exact) mass is 364 g/mol. The predicted molar refractivity (Wildman–Crippen MR) is 73.7 cm³/mol. The molecule has 5 heteroatoms. The van der Waals surface area contributed by atoms with E-state index >= 15 is 0 Å². The summed E-state index contributed by atoms with van der Waals surface area (Å²) in [6, 6.07) is 3.81. The van der Waals surface area contributed by atoms with Crippen molar-refractivity contribution in [2.75, 3.05) is 13.7 Å². The van der Waals surface area contributed by atoms with Gasteiger partial charge in [-0.1, -0.05) is 31.9 Å². The maximum absolute atomic E-state index is 11.4. The van der Waals surface area contributed by atoms with Gasteiger partial charge in [0.1, 0.15) is 5.75 Å². The fourth-order valence-electron chi connectivity index (χ4n) is 1.43. The van der Waals surface area contributed by atoms with Crippen LogP contribution in [0.2, 0.25) is 0 Å². The van der Waals surface area contributed by atoms with E-state index in [1.807, 2.05) is 12.1 Å². The van der Waals surface area contributed by atoms with Crippen molar-refractivity contribution in [1.29, 1.82) is 0 Å². The molecule has 0 saturated carbocycles. The second kappa shape index (κ2) is 7.01. The lowest BCUT2D eigenvalue weighted by atomic mass is 10.1. The first kappa shape index (κ1) is 14.5. The molecule has 1 aromatic rings. The fourth-order valence-corrected chi connectivity index (χ4v) is 2.81. The van der Waals surface area contributed by atoms with Gasteiger partial charge in [0.15, 0.2) is 0 Å². The van der Waals surface area contributed by atoms with Gasteiger partial charge in [0.25, 0.3) is 0 Å². The molecule has 17 heavy (non-hydrogen) atoms. The van der Waals surface area contributed by atoms with E-state index < -0.39 is 0 Å². The summed E-state index contributed by atoms with van der Waals surface area (Å²) in [5, 5.41) is 0.726. The summed E-state index contributed by atoms with van der Waals surface area (Å²) >= 11 is 6.86. The van der Waals surface area contributed by atoms with Crippen LogP contribution in [0.5, 0.6) is 5.75 Å². The lowest BCUT2D eigenvalue weighted by Gasteiger charge is -2.11. The average molecular weight is 366 g/mol. The van der Waals surface area contributed by atoms with E-state index in [-0.39, 0.29) is 12.4 Å². The minimum absolute atomic E-state index is 0.220. The number of carbonyl (C=O) groups excluding carboxylic acids is 1. The van der Waals surface area contributed by atoms with Crippen molar-refractivity contribution in [1.82, 2.24) is 0 Å². The molecule has 0 radical (unpaired) electrons. The minimum atomic E-state index is -0.246. The smallest absolute Gasteiger partial charge is 0.310 e. The Labute approximate surface area is 118 Å². The van der Waals surface area contributed by atoms with Crippen molar-refractivity contribution in [3.8, 4) is 5.75 Å². The van der Waals surface area contributed by atoms with E-state index in [9.17, 15) is 4.79 Å². The molecule has 0 N–H and O–H groups in total. The summed E-state index contributed by atoms with van der Waals surface area (Å²) in [6.45, 7) is 2.18. The van der Waals surface area contributed by atoms with Crippen LogP contribution in [0.3, 0.4) is 0 Å². The molecule has 0 atom stereocenters. The molecule has 0 saturated heterocycles. The standard InChI is InChI=1S/C12H14Br2O3/c1-3-17-12(15)6-8-4-10(14)9(7-13)5-11(8)16-2/h4-5H,3,6-7H2,1-2H3. The first-order chi connectivity index (χ1) is 8.12. The first-order valence-corrected chi connectivity index (χ1v) is 7.10. The second-order valence-corrected chi connectivity index (χ2v) is 4.79. The summed E-state index contributed by atoms with van der Waals surface area (Å²) < 4.78 is 11.1.